The summed E-state index contributed by atoms with van der Waals surface area (Å²) < 4.78 is 5.73. The van der Waals surface area contributed by atoms with Gasteiger partial charge in [0.05, 0.1) is 6.61 Å². The summed E-state index contributed by atoms with van der Waals surface area (Å²) in [7, 11) is 0. The van der Waals surface area contributed by atoms with Crippen molar-refractivity contribution in [2.45, 2.75) is 59.2 Å². The lowest BCUT2D eigenvalue weighted by atomic mass is 9.77. The van der Waals surface area contributed by atoms with Crippen molar-refractivity contribution in [3.63, 3.8) is 0 Å². The van der Waals surface area contributed by atoms with Crippen molar-refractivity contribution in [3.8, 4) is 11.8 Å². The van der Waals surface area contributed by atoms with Gasteiger partial charge in [-0.05, 0) is 38.0 Å². The zero-order chi connectivity index (χ0) is 12.4. The predicted octanol–water partition coefficient (Wildman–Crippen LogP) is 2.60. The van der Waals surface area contributed by atoms with Gasteiger partial charge in [-0.3, -0.25) is 0 Å². The maximum atomic E-state index is 9.50. The molecule has 2 nitrogen and oxygen atoms in total. The third kappa shape index (κ3) is 4.55. The minimum Gasteiger partial charge on any atom is -0.378 e. The summed E-state index contributed by atoms with van der Waals surface area (Å²) in [6, 6.07) is 0. The average Bonchev–Trinajstić information content (AvgIpc) is 2.13. The highest BCUT2D eigenvalue weighted by molar-refractivity contribution is 5.14. The summed E-state index contributed by atoms with van der Waals surface area (Å²) in [6.45, 7) is 10.9. The Morgan fingerprint density at radius 2 is 1.75 bits per heavy atom. The lowest BCUT2D eigenvalue weighted by molar-refractivity contribution is -0.0204. The molecule has 0 spiro atoms. The van der Waals surface area contributed by atoms with Gasteiger partial charge in [-0.25, -0.2) is 0 Å². The maximum Gasteiger partial charge on any atom is 0.120 e. The van der Waals surface area contributed by atoms with E-state index in [1.807, 2.05) is 0 Å². The minimum atomic E-state index is -0.912. The predicted molar refractivity (Wildman–Crippen MR) is 66.0 cm³/mol. The first-order valence-electron chi connectivity index (χ1n) is 6.05. The molecule has 1 saturated heterocycles. The quantitative estimate of drug-likeness (QED) is 0.641. The first-order valence-corrected chi connectivity index (χ1v) is 6.05. The molecule has 0 unspecified atom stereocenters. The van der Waals surface area contributed by atoms with E-state index in [1.54, 1.807) is 13.8 Å². The summed E-state index contributed by atoms with van der Waals surface area (Å²) >= 11 is 0. The van der Waals surface area contributed by atoms with E-state index in [-0.39, 0.29) is 6.10 Å². The number of aliphatic hydroxyl groups is 1. The van der Waals surface area contributed by atoms with E-state index in [1.165, 1.54) is 0 Å². The normalized spacial score (nSPS) is 27.1. The largest absolute Gasteiger partial charge is 0.378 e. The van der Waals surface area contributed by atoms with Gasteiger partial charge in [-0.1, -0.05) is 32.6 Å². The summed E-state index contributed by atoms with van der Waals surface area (Å²) in [5.74, 6) is 6.46. The molecule has 1 aliphatic rings. The van der Waals surface area contributed by atoms with Gasteiger partial charge in [0.1, 0.15) is 11.7 Å². The molecule has 1 aliphatic heterocycles. The highest BCUT2D eigenvalue weighted by Crippen LogP contribution is 2.33. The summed E-state index contributed by atoms with van der Waals surface area (Å²) in [4.78, 5) is 0. The van der Waals surface area contributed by atoms with Crippen LogP contribution in [0.25, 0.3) is 0 Å². The average molecular weight is 224 g/mol. The van der Waals surface area contributed by atoms with Crippen LogP contribution >= 0.6 is 0 Å². The van der Waals surface area contributed by atoms with Crippen LogP contribution in [0.5, 0.6) is 0 Å². The fourth-order valence-electron chi connectivity index (χ4n) is 1.81. The molecule has 0 saturated carbocycles. The van der Waals surface area contributed by atoms with Crippen LogP contribution in [0.3, 0.4) is 0 Å². The zero-order valence-electron chi connectivity index (χ0n) is 11.1. The second kappa shape index (κ2) is 4.77. The number of ether oxygens (including phenoxy) is 1. The van der Waals surface area contributed by atoms with E-state index in [9.17, 15) is 5.11 Å². The van der Waals surface area contributed by atoms with Crippen molar-refractivity contribution in [1.82, 2.24) is 0 Å². The molecule has 0 aromatic rings. The SMILES string of the molecule is CC(C)(O)C#C[C@H]1CC[C@@H](C(C)(C)C)CO1. The van der Waals surface area contributed by atoms with Gasteiger partial charge in [0.25, 0.3) is 0 Å². The van der Waals surface area contributed by atoms with Gasteiger partial charge < -0.3 is 9.84 Å². The molecular formula is C14H24O2. The maximum absolute atomic E-state index is 9.50. The van der Waals surface area contributed by atoms with Gasteiger partial charge in [0.2, 0.25) is 0 Å². The molecular weight excluding hydrogens is 200 g/mol. The highest BCUT2D eigenvalue weighted by atomic mass is 16.5. The molecule has 0 radical (unpaired) electrons. The van der Waals surface area contributed by atoms with E-state index in [4.69, 9.17) is 4.74 Å². The second-order valence-corrected chi connectivity index (χ2v) is 6.29. The molecule has 2 heteroatoms. The smallest absolute Gasteiger partial charge is 0.120 e. The number of hydrogen-bond acceptors (Lipinski definition) is 2. The second-order valence-electron chi connectivity index (χ2n) is 6.29. The van der Waals surface area contributed by atoms with Crippen molar-refractivity contribution >= 4 is 0 Å². The monoisotopic (exact) mass is 224 g/mol. The Labute approximate surface area is 99.4 Å². The Bertz CT molecular complexity index is 275. The Balaban J connectivity index is 2.46. The molecule has 0 aliphatic carbocycles. The first kappa shape index (κ1) is 13.5. The lowest BCUT2D eigenvalue weighted by Gasteiger charge is -2.35. The van der Waals surface area contributed by atoms with Gasteiger partial charge in [-0.2, -0.15) is 0 Å². The first-order chi connectivity index (χ1) is 7.18. The van der Waals surface area contributed by atoms with Gasteiger partial charge in [0, 0.05) is 0 Å². The van der Waals surface area contributed by atoms with Crippen molar-refractivity contribution in [2.24, 2.45) is 11.3 Å². The molecule has 1 heterocycles. The van der Waals surface area contributed by atoms with Gasteiger partial charge in [0.15, 0.2) is 0 Å². The van der Waals surface area contributed by atoms with Gasteiger partial charge in [-0.15, -0.1) is 0 Å². The van der Waals surface area contributed by atoms with E-state index >= 15 is 0 Å². The molecule has 0 aromatic heterocycles. The molecule has 1 rings (SSSR count). The molecule has 92 valence electrons. The van der Waals surface area contributed by atoms with Crippen LogP contribution in [0.4, 0.5) is 0 Å². The van der Waals surface area contributed by atoms with Crippen LogP contribution in [0, 0.1) is 23.2 Å². The molecule has 2 atom stereocenters. The van der Waals surface area contributed by atoms with Crippen molar-refractivity contribution < 1.29 is 9.84 Å². The minimum absolute atomic E-state index is 0.00465. The molecule has 16 heavy (non-hydrogen) atoms. The van der Waals surface area contributed by atoms with Crippen LogP contribution < -0.4 is 0 Å². The summed E-state index contributed by atoms with van der Waals surface area (Å²) in [5, 5.41) is 9.50. The lowest BCUT2D eigenvalue weighted by Crippen LogP contribution is -2.33. The fraction of sp³-hybridized carbons (Fsp3) is 0.857. The van der Waals surface area contributed by atoms with Crippen LogP contribution in [0.1, 0.15) is 47.5 Å². The van der Waals surface area contributed by atoms with Gasteiger partial charge >= 0.3 is 0 Å². The third-order valence-electron chi connectivity index (χ3n) is 3.04. The number of hydrogen-bond donors (Lipinski definition) is 1. The zero-order valence-corrected chi connectivity index (χ0v) is 11.1. The third-order valence-corrected chi connectivity index (χ3v) is 3.04. The Morgan fingerprint density at radius 1 is 1.12 bits per heavy atom. The summed E-state index contributed by atoms with van der Waals surface area (Å²) in [5.41, 5.74) is -0.598. The topological polar surface area (TPSA) is 29.5 Å². The molecule has 0 bridgehead atoms. The van der Waals surface area contributed by atoms with Crippen LogP contribution in [0.15, 0.2) is 0 Å². The van der Waals surface area contributed by atoms with E-state index in [2.05, 4.69) is 32.6 Å². The van der Waals surface area contributed by atoms with Crippen molar-refractivity contribution in [2.75, 3.05) is 6.61 Å². The van der Waals surface area contributed by atoms with Crippen LogP contribution in [0.2, 0.25) is 0 Å². The Kier molecular flexibility index (Phi) is 4.04. The number of rotatable bonds is 0. The Morgan fingerprint density at radius 3 is 2.12 bits per heavy atom. The van der Waals surface area contributed by atoms with Crippen molar-refractivity contribution in [1.29, 1.82) is 0 Å². The van der Waals surface area contributed by atoms with E-state index in [0.717, 1.165) is 19.4 Å². The standard InChI is InChI=1S/C14H24O2/c1-13(2,3)11-6-7-12(16-10-11)8-9-14(4,5)15/h11-12,15H,6-7,10H2,1-5H3/t11-,12-/m1/s1. The molecule has 1 fully saturated rings. The fourth-order valence-corrected chi connectivity index (χ4v) is 1.81. The molecule has 0 amide bonds. The van der Waals surface area contributed by atoms with E-state index < -0.39 is 5.60 Å². The molecule has 1 N–H and O–H groups in total. The molecule has 0 aromatic carbocycles. The van der Waals surface area contributed by atoms with Crippen molar-refractivity contribution in [3.05, 3.63) is 0 Å². The van der Waals surface area contributed by atoms with Crippen LogP contribution in [-0.4, -0.2) is 23.4 Å². The summed E-state index contributed by atoms with van der Waals surface area (Å²) in [6.07, 6.45) is 2.14. The Hall–Kier alpha value is -0.520. The van der Waals surface area contributed by atoms with E-state index in [0.29, 0.717) is 11.3 Å². The highest BCUT2D eigenvalue weighted by Gasteiger charge is 2.29. The van der Waals surface area contributed by atoms with Crippen LogP contribution in [-0.2, 0) is 4.74 Å².